The highest BCUT2D eigenvalue weighted by Crippen LogP contribution is 2.14. The summed E-state index contributed by atoms with van der Waals surface area (Å²) in [6, 6.07) is 12.5. The lowest BCUT2D eigenvalue weighted by Crippen LogP contribution is -1.86. The Bertz CT molecular complexity index is 398. The maximum atomic E-state index is 5.00. The van der Waals surface area contributed by atoms with Crippen LogP contribution in [0.2, 0.25) is 0 Å². The predicted molar refractivity (Wildman–Crippen MR) is 47.1 cm³/mol. The summed E-state index contributed by atoms with van der Waals surface area (Å²) < 4.78 is 5.00. The number of methoxy groups -OCH3 is 1. The lowest BCUT2D eigenvalue weighted by atomic mass is 10.2. The largest absolute Gasteiger partial charge is 0.481 e. The van der Waals surface area contributed by atoms with Crippen molar-refractivity contribution in [3.8, 4) is 5.88 Å². The van der Waals surface area contributed by atoms with Gasteiger partial charge in [-0.05, 0) is 18.2 Å². The number of ether oxygens (including phenoxy) is 1. The van der Waals surface area contributed by atoms with Gasteiger partial charge in [-0.1, -0.05) is 12.1 Å². The number of hydrogen-bond acceptors (Lipinski definition) is 2. The van der Waals surface area contributed by atoms with Crippen LogP contribution >= 0.6 is 0 Å². The number of hydrogen-bond donors (Lipinski definition) is 0. The van der Waals surface area contributed by atoms with Crippen LogP contribution in [0.1, 0.15) is 0 Å². The fraction of sp³-hybridized carbons (Fsp3) is 0.100. The zero-order chi connectivity index (χ0) is 8.39. The van der Waals surface area contributed by atoms with Crippen molar-refractivity contribution in [1.29, 1.82) is 0 Å². The minimum absolute atomic E-state index is 0.641. The Morgan fingerprint density at radius 3 is 3.08 bits per heavy atom. The molecule has 0 atom stereocenters. The van der Waals surface area contributed by atoms with Gasteiger partial charge in [0.05, 0.1) is 12.6 Å². The van der Waals surface area contributed by atoms with Gasteiger partial charge < -0.3 is 4.74 Å². The van der Waals surface area contributed by atoms with E-state index >= 15 is 0 Å². The van der Waals surface area contributed by atoms with E-state index in [0.29, 0.717) is 5.88 Å². The van der Waals surface area contributed by atoms with E-state index in [1.807, 2.05) is 30.3 Å². The molecule has 0 aliphatic rings. The van der Waals surface area contributed by atoms with Crippen LogP contribution in [0.3, 0.4) is 0 Å². The maximum absolute atomic E-state index is 5.00. The normalized spacial score (nSPS) is 10.1. The van der Waals surface area contributed by atoms with Crippen LogP contribution < -0.4 is 4.74 Å². The van der Waals surface area contributed by atoms with Crippen LogP contribution in [0.25, 0.3) is 10.9 Å². The topological polar surface area (TPSA) is 22.1 Å². The summed E-state index contributed by atoms with van der Waals surface area (Å²) in [4.78, 5) is 4.24. The first-order chi connectivity index (χ1) is 5.90. The molecule has 12 heavy (non-hydrogen) atoms. The van der Waals surface area contributed by atoms with Gasteiger partial charge in [0, 0.05) is 11.5 Å². The molecule has 1 aromatic carbocycles. The zero-order valence-electron chi connectivity index (χ0n) is 6.74. The molecule has 0 fully saturated rings. The summed E-state index contributed by atoms with van der Waals surface area (Å²) in [5.74, 6) is 0.641. The molecule has 1 heterocycles. The summed E-state index contributed by atoms with van der Waals surface area (Å²) >= 11 is 0. The Labute approximate surface area is 70.8 Å². The Morgan fingerprint density at radius 1 is 1.33 bits per heavy atom. The van der Waals surface area contributed by atoms with Crippen molar-refractivity contribution in [2.75, 3.05) is 7.11 Å². The quantitative estimate of drug-likeness (QED) is 0.633. The first-order valence-corrected chi connectivity index (χ1v) is 3.71. The second-order valence-corrected chi connectivity index (χ2v) is 2.47. The van der Waals surface area contributed by atoms with Crippen molar-refractivity contribution in [3.05, 3.63) is 36.4 Å². The average Bonchev–Trinajstić information content (AvgIpc) is 2.17. The molecule has 2 rings (SSSR count). The summed E-state index contributed by atoms with van der Waals surface area (Å²) in [6.07, 6.45) is 0. The van der Waals surface area contributed by atoms with Crippen molar-refractivity contribution in [2.24, 2.45) is 0 Å². The molecule has 59 valence electrons. The second-order valence-electron chi connectivity index (χ2n) is 2.47. The number of pyridine rings is 1. The first kappa shape index (κ1) is 7.10. The van der Waals surface area contributed by atoms with E-state index in [0.717, 1.165) is 10.9 Å². The summed E-state index contributed by atoms with van der Waals surface area (Å²) in [6.45, 7) is 0. The van der Waals surface area contributed by atoms with Gasteiger partial charge in [0.15, 0.2) is 0 Å². The Kier molecular flexibility index (Phi) is 1.67. The van der Waals surface area contributed by atoms with Crippen LogP contribution in [0, 0.1) is 6.07 Å². The Balaban J connectivity index is 2.67. The standard InChI is InChI=1S/C10H8NO/c1-12-10-7-6-8-4-2-3-5-9(8)11-10/h2,4-7H,1H3. The van der Waals surface area contributed by atoms with E-state index in [1.165, 1.54) is 0 Å². The molecule has 1 aromatic heterocycles. The molecule has 1 radical (unpaired) electrons. The lowest BCUT2D eigenvalue weighted by molar-refractivity contribution is 0.399. The monoisotopic (exact) mass is 158 g/mol. The molecule has 0 saturated heterocycles. The highest BCUT2D eigenvalue weighted by molar-refractivity contribution is 5.78. The minimum Gasteiger partial charge on any atom is -0.481 e. The van der Waals surface area contributed by atoms with Crippen molar-refractivity contribution in [1.82, 2.24) is 4.98 Å². The maximum Gasteiger partial charge on any atom is 0.213 e. The molecule has 2 nitrogen and oxygen atoms in total. The number of aromatic nitrogens is 1. The van der Waals surface area contributed by atoms with E-state index in [-0.39, 0.29) is 0 Å². The van der Waals surface area contributed by atoms with Crippen molar-refractivity contribution >= 4 is 10.9 Å². The van der Waals surface area contributed by atoms with Gasteiger partial charge in [0.1, 0.15) is 0 Å². The summed E-state index contributed by atoms with van der Waals surface area (Å²) in [5.41, 5.74) is 0.914. The fourth-order valence-electron chi connectivity index (χ4n) is 1.10. The van der Waals surface area contributed by atoms with Crippen LogP contribution in [0.4, 0.5) is 0 Å². The minimum atomic E-state index is 0.641. The molecule has 0 unspecified atom stereocenters. The summed E-state index contributed by atoms with van der Waals surface area (Å²) in [7, 11) is 1.61. The molecule has 0 aliphatic carbocycles. The molecular weight excluding hydrogens is 150 g/mol. The van der Waals surface area contributed by atoms with Gasteiger partial charge in [0.2, 0.25) is 5.88 Å². The van der Waals surface area contributed by atoms with Gasteiger partial charge in [-0.3, -0.25) is 0 Å². The first-order valence-electron chi connectivity index (χ1n) is 3.71. The third-order valence-corrected chi connectivity index (χ3v) is 1.72. The van der Waals surface area contributed by atoms with Gasteiger partial charge in [-0.15, -0.1) is 0 Å². The van der Waals surface area contributed by atoms with Crippen molar-refractivity contribution in [2.45, 2.75) is 0 Å². The number of rotatable bonds is 1. The Hall–Kier alpha value is -1.57. The van der Waals surface area contributed by atoms with E-state index in [2.05, 4.69) is 11.1 Å². The molecule has 0 N–H and O–H groups in total. The number of benzene rings is 1. The molecule has 0 saturated carbocycles. The highest BCUT2D eigenvalue weighted by Gasteiger charge is 1.95. The van der Waals surface area contributed by atoms with Crippen molar-refractivity contribution in [3.63, 3.8) is 0 Å². The predicted octanol–water partition coefficient (Wildman–Crippen LogP) is 2.04. The fourth-order valence-corrected chi connectivity index (χ4v) is 1.10. The second kappa shape index (κ2) is 2.81. The van der Waals surface area contributed by atoms with Crippen molar-refractivity contribution < 1.29 is 4.74 Å². The van der Waals surface area contributed by atoms with E-state index in [9.17, 15) is 0 Å². The molecule has 0 aliphatic heterocycles. The molecule has 0 bridgehead atoms. The third-order valence-electron chi connectivity index (χ3n) is 1.72. The van der Waals surface area contributed by atoms with Crippen LogP contribution in [-0.4, -0.2) is 12.1 Å². The highest BCUT2D eigenvalue weighted by atomic mass is 16.5. The third kappa shape index (κ3) is 1.11. The van der Waals surface area contributed by atoms with Crippen LogP contribution in [0.15, 0.2) is 30.3 Å². The lowest BCUT2D eigenvalue weighted by Gasteiger charge is -1.99. The molecule has 2 aromatic rings. The van der Waals surface area contributed by atoms with Gasteiger partial charge >= 0.3 is 0 Å². The SMILES string of the molecule is COc1ccc2cc[c]cc2n1. The van der Waals surface area contributed by atoms with E-state index < -0.39 is 0 Å². The molecular formula is C10H8NO. The van der Waals surface area contributed by atoms with Crippen LogP contribution in [-0.2, 0) is 0 Å². The van der Waals surface area contributed by atoms with Gasteiger partial charge in [-0.25, -0.2) is 4.98 Å². The van der Waals surface area contributed by atoms with E-state index in [4.69, 9.17) is 4.74 Å². The van der Waals surface area contributed by atoms with Gasteiger partial charge in [-0.2, -0.15) is 0 Å². The molecule has 0 amide bonds. The van der Waals surface area contributed by atoms with Gasteiger partial charge in [0.25, 0.3) is 0 Å². The molecule has 0 spiro atoms. The number of nitrogens with zero attached hydrogens (tertiary/aromatic N) is 1. The van der Waals surface area contributed by atoms with Crippen LogP contribution in [0.5, 0.6) is 5.88 Å². The zero-order valence-corrected chi connectivity index (χ0v) is 6.74. The van der Waals surface area contributed by atoms with E-state index in [1.54, 1.807) is 7.11 Å². The molecule has 2 heteroatoms. The smallest absolute Gasteiger partial charge is 0.213 e. The Morgan fingerprint density at radius 2 is 2.25 bits per heavy atom. The number of fused-ring (bicyclic) bond motifs is 1. The average molecular weight is 158 g/mol. The summed E-state index contributed by atoms with van der Waals surface area (Å²) in [5, 5.41) is 1.11.